The Hall–Kier alpha value is -2.45. The van der Waals surface area contributed by atoms with Crippen molar-refractivity contribution in [2.24, 2.45) is 4.99 Å². The summed E-state index contributed by atoms with van der Waals surface area (Å²) in [4.78, 5) is 9.93. The Morgan fingerprint density at radius 2 is 1.90 bits per heavy atom. The van der Waals surface area contributed by atoms with Gasteiger partial charge in [0.05, 0.1) is 22.2 Å². The number of nitrogens with one attached hydrogen (secondary N) is 2. The number of aliphatic imine (C=N–C) groups is 1. The van der Waals surface area contributed by atoms with Gasteiger partial charge in [-0.15, -0.1) is 0 Å². The van der Waals surface area contributed by atoms with Gasteiger partial charge in [0.2, 0.25) is 10.0 Å². The SMILES string of the molecule is Cc1cccc(S(=O)(=O)N2CCC3(CC2)Nc2cccnc2NC3=NC2CCCC2)c1. The number of amidine groups is 1. The molecule has 2 fully saturated rings. The van der Waals surface area contributed by atoms with Crippen molar-refractivity contribution in [1.29, 1.82) is 0 Å². The summed E-state index contributed by atoms with van der Waals surface area (Å²) in [5.41, 5.74) is 1.50. The van der Waals surface area contributed by atoms with Gasteiger partial charge in [0.1, 0.15) is 5.84 Å². The molecule has 2 aliphatic heterocycles. The van der Waals surface area contributed by atoms with E-state index in [2.05, 4.69) is 15.6 Å². The minimum absolute atomic E-state index is 0.334. The van der Waals surface area contributed by atoms with Crippen LogP contribution in [0.5, 0.6) is 0 Å². The molecule has 0 atom stereocenters. The third-order valence-corrected chi connectivity index (χ3v) is 8.61. The van der Waals surface area contributed by atoms with Crippen molar-refractivity contribution in [3.05, 3.63) is 48.2 Å². The molecule has 1 saturated heterocycles. The maximum Gasteiger partial charge on any atom is 0.243 e. The van der Waals surface area contributed by atoms with Crippen LogP contribution in [0.1, 0.15) is 44.1 Å². The Morgan fingerprint density at radius 1 is 1.13 bits per heavy atom. The normalized spacial score (nSPS) is 22.8. The molecule has 1 saturated carbocycles. The van der Waals surface area contributed by atoms with Crippen LogP contribution in [0.4, 0.5) is 11.5 Å². The van der Waals surface area contributed by atoms with E-state index in [0.29, 0.717) is 36.9 Å². The fourth-order valence-electron chi connectivity index (χ4n) is 4.92. The molecule has 164 valence electrons. The molecule has 0 radical (unpaired) electrons. The van der Waals surface area contributed by atoms with Gasteiger partial charge in [-0.2, -0.15) is 4.31 Å². The van der Waals surface area contributed by atoms with Gasteiger partial charge >= 0.3 is 0 Å². The first-order chi connectivity index (χ1) is 15.0. The molecule has 0 amide bonds. The van der Waals surface area contributed by atoms with E-state index in [1.54, 1.807) is 28.7 Å². The monoisotopic (exact) mass is 439 g/mol. The first-order valence-corrected chi connectivity index (χ1v) is 12.6. The van der Waals surface area contributed by atoms with E-state index in [1.807, 2.05) is 25.1 Å². The third-order valence-electron chi connectivity index (χ3n) is 6.71. The number of aryl methyl sites for hydroxylation is 1. The number of fused-ring (bicyclic) bond motifs is 1. The van der Waals surface area contributed by atoms with E-state index in [0.717, 1.165) is 35.7 Å². The number of aromatic nitrogens is 1. The van der Waals surface area contributed by atoms with E-state index in [1.165, 1.54) is 12.8 Å². The number of anilines is 2. The second-order valence-electron chi connectivity index (χ2n) is 8.87. The summed E-state index contributed by atoms with van der Waals surface area (Å²) in [5, 5.41) is 7.17. The lowest BCUT2D eigenvalue weighted by Gasteiger charge is -2.46. The van der Waals surface area contributed by atoms with Crippen molar-refractivity contribution in [2.45, 2.75) is 61.9 Å². The number of hydrogen-bond acceptors (Lipinski definition) is 5. The highest BCUT2D eigenvalue weighted by Crippen LogP contribution is 2.38. The summed E-state index contributed by atoms with van der Waals surface area (Å²) in [5.74, 6) is 1.71. The Kier molecular flexibility index (Phi) is 5.22. The van der Waals surface area contributed by atoms with Gasteiger partial charge in [0, 0.05) is 19.3 Å². The lowest BCUT2D eigenvalue weighted by molar-refractivity contribution is 0.299. The fourth-order valence-corrected chi connectivity index (χ4v) is 6.47. The van der Waals surface area contributed by atoms with Crippen molar-refractivity contribution in [3.63, 3.8) is 0 Å². The van der Waals surface area contributed by atoms with Crippen molar-refractivity contribution >= 4 is 27.4 Å². The van der Waals surface area contributed by atoms with Crippen molar-refractivity contribution in [2.75, 3.05) is 23.7 Å². The number of piperidine rings is 1. The number of nitrogens with zero attached hydrogens (tertiary/aromatic N) is 3. The second-order valence-corrected chi connectivity index (χ2v) is 10.8. The molecule has 1 aliphatic carbocycles. The summed E-state index contributed by atoms with van der Waals surface area (Å²) >= 11 is 0. The zero-order valence-electron chi connectivity index (χ0n) is 17.8. The Labute approximate surface area is 184 Å². The molecule has 0 bridgehead atoms. The largest absolute Gasteiger partial charge is 0.370 e. The van der Waals surface area contributed by atoms with Crippen molar-refractivity contribution in [1.82, 2.24) is 9.29 Å². The number of sulfonamides is 1. The van der Waals surface area contributed by atoms with Crippen LogP contribution in [0.25, 0.3) is 0 Å². The Morgan fingerprint density at radius 3 is 2.65 bits per heavy atom. The highest BCUT2D eigenvalue weighted by atomic mass is 32.2. The van der Waals surface area contributed by atoms with Crippen LogP contribution >= 0.6 is 0 Å². The quantitative estimate of drug-likeness (QED) is 0.760. The Balaban J connectivity index is 1.42. The molecule has 1 aromatic carbocycles. The zero-order valence-corrected chi connectivity index (χ0v) is 18.7. The molecule has 8 heteroatoms. The molecule has 1 spiro atoms. The van der Waals surface area contributed by atoms with Gasteiger partial charge in [0.25, 0.3) is 0 Å². The van der Waals surface area contributed by atoms with E-state index in [4.69, 9.17) is 4.99 Å². The second kappa shape index (κ2) is 7.91. The summed E-state index contributed by atoms with van der Waals surface area (Å²) in [6.45, 7) is 2.81. The molecule has 2 aromatic rings. The van der Waals surface area contributed by atoms with Crippen LogP contribution in [0, 0.1) is 6.92 Å². The van der Waals surface area contributed by atoms with Crippen LogP contribution in [0.2, 0.25) is 0 Å². The van der Waals surface area contributed by atoms with Gasteiger partial charge in [-0.1, -0.05) is 25.0 Å². The van der Waals surface area contributed by atoms with Crippen LogP contribution in [-0.2, 0) is 10.0 Å². The molecule has 1 aromatic heterocycles. The summed E-state index contributed by atoms with van der Waals surface area (Å²) in [7, 11) is -3.51. The van der Waals surface area contributed by atoms with Crippen LogP contribution in [0.3, 0.4) is 0 Å². The van der Waals surface area contributed by atoms with Gasteiger partial charge in [-0.05, 0) is 62.4 Å². The van der Waals surface area contributed by atoms with Crippen molar-refractivity contribution in [3.8, 4) is 0 Å². The Bertz CT molecular complexity index is 1100. The standard InChI is InChI=1S/C23H29N5O2S/c1-17-6-4-9-19(16-17)31(29,30)28-14-11-23(12-15-28)22(25-18-7-2-3-8-18)26-21-20(27-23)10-5-13-24-21/h4-6,9-10,13,16,18,27H,2-3,7-8,11-12,14-15H2,1H3,(H,24,25,26). The highest BCUT2D eigenvalue weighted by molar-refractivity contribution is 7.89. The summed E-state index contributed by atoms with van der Waals surface area (Å²) < 4.78 is 28.0. The summed E-state index contributed by atoms with van der Waals surface area (Å²) in [6, 6.07) is 11.4. The lowest BCUT2D eigenvalue weighted by atomic mass is 9.85. The first-order valence-electron chi connectivity index (χ1n) is 11.1. The molecule has 31 heavy (non-hydrogen) atoms. The van der Waals surface area contributed by atoms with Gasteiger partial charge in [-0.3, -0.25) is 4.99 Å². The number of pyridine rings is 1. The molecule has 7 nitrogen and oxygen atoms in total. The predicted octanol–water partition coefficient (Wildman–Crippen LogP) is 3.79. The molecule has 0 unspecified atom stereocenters. The maximum atomic E-state index is 13.2. The van der Waals surface area contributed by atoms with Gasteiger partial charge in [-0.25, -0.2) is 13.4 Å². The molecule has 3 heterocycles. The van der Waals surface area contributed by atoms with E-state index in [-0.39, 0.29) is 0 Å². The van der Waals surface area contributed by atoms with Crippen LogP contribution < -0.4 is 10.6 Å². The minimum Gasteiger partial charge on any atom is -0.370 e. The highest BCUT2D eigenvalue weighted by Gasteiger charge is 2.45. The average Bonchev–Trinajstić information content (AvgIpc) is 3.28. The third kappa shape index (κ3) is 3.83. The zero-order chi connectivity index (χ0) is 21.5. The topological polar surface area (TPSA) is 86.7 Å². The van der Waals surface area contributed by atoms with Gasteiger partial charge < -0.3 is 10.6 Å². The number of hydrogen-bond donors (Lipinski definition) is 2. The van der Waals surface area contributed by atoms with Gasteiger partial charge in [0.15, 0.2) is 5.82 Å². The van der Waals surface area contributed by atoms with Crippen LogP contribution in [0.15, 0.2) is 52.5 Å². The first kappa shape index (κ1) is 20.5. The van der Waals surface area contributed by atoms with E-state index in [9.17, 15) is 8.42 Å². The minimum atomic E-state index is -3.51. The average molecular weight is 440 g/mol. The smallest absolute Gasteiger partial charge is 0.243 e. The molecule has 3 aliphatic rings. The predicted molar refractivity (Wildman–Crippen MR) is 123 cm³/mol. The molecular formula is C23H29N5O2S. The number of benzene rings is 1. The molecule has 2 N–H and O–H groups in total. The van der Waals surface area contributed by atoms with Crippen LogP contribution in [-0.4, -0.2) is 48.2 Å². The molecular weight excluding hydrogens is 410 g/mol. The fraction of sp³-hybridized carbons (Fsp3) is 0.478. The lowest BCUT2D eigenvalue weighted by Crippen LogP contribution is -2.59. The van der Waals surface area contributed by atoms with E-state index >= 15 is 0 Å². The van der Waals surface area contributed by atoms with Crippen molar-refractivity contribution < 1.29 is 8.42 Å². The van der Waals surface area contributed by atoms with E-state index < -0.39 is 15.6 Å². The maximum absolute atomic E-state index is 13.2. The molecule has 5 rings (SSSR count). The number of rotatable bonds is 3. The summed E-state index contributed by atoms with van der Waals surface area (Å²) in [6.07, 6.45) is 7.76.